The van der Waals surface area contributed by atoms with E-state index in [1.165, 1.54) is 30.0 Å². The van der Waals surface area contributed by atoms with E-state index < -0.39 is 0 Å². The first-order valence-corrected chi connectivity index (χ1v) is 7.34. The van der Waals surface area contributed by atoms with Gasteiger partial charge in [0.2, 0.25) is 0 Å². The van der Waals surface area contributed by atoms with Crippen LogP contribution in [-0.2, 0) is 12.8 Å². The molecule has 2 nitrogen and oxygen atoms in total. The molecule has 1 aromatic heterocycles. The van der Waals surface area contributed by atoms with Gasteiger partial charge in [0, 0.05) is 24.4 Å². The van der Waals surface area contributed by atoms with E-state index in [-0.39, 0.29) is 0 Å². The summed E-state index contributed by atoms with van der Waals surface area (Å²) in [6.07, 6.45) is 6.31. The molecular formula is C13H22N2S. The minimum atomic E-state index is 0.754. The number of nitrogens with one attached hydrogen (secondary N) is 1. The fourth-order valence-corrected chi connectivity index (χ4v) is 3.24. The summed E-state index contributed by atoms with van der Waals surface area (Å²) in [6.45, 7) is 5.62. The second-order valence-electron chi connectivity index (χ2n) is 4.80. The number of nitrogens with zero attached hydrogens (tertiary/aromatic N) is 1. The Hall–Kier alpha value is -0.410. The minimum Gasteiger partial charge on any atom is -0.313 e. The maximum Gasteiger partial charge on any atom is 0.0925 e. The monoisotopic (exact) mass is 238 g/mol. The van der Waals surface area contributed by atoms with Crippen LogP contribution >= 0.6 is 11.3 Å². The molecule has 1 saturated carbocycles. The van der Waals surface area contributed by atoms with Crippen LogP contribution in [-0.4, -0.2) is 17.6 Å². The summed E-state index contributed by atoms with van der Waals surface area (Å²) in [6, 6.07) is 0.754. The Bertz CT molecular complexity index is 321. The van der Waals surface area contributed by atoms with Gasteiger partial charge in [-0.25, -0.2) is 4.98 Å². The second kappa shape index (κ2) is 5.78. The van der Waals surface area contributed by atoms with E-state index in [4.69, 9.17) is 0 Å². The van der Waals surface area contributed by atoms with Crippen molar-refractivity contribution < 1.29 is 0 Å². The third-order valence-corrected chi connectivity index (χ3v) is 4.59. The molecule has 0 saturated heterocycles. The molecule has 90 valence electrons. The summed E-state index contributed by atoms with van der Waals surface area (Å²) in [5.41, 5.74) is 1.26. The highest BCUT2D eigenvalue weighted by atomic mass is 32.1. The van der Waals surface area contributed by atoms with Crippen molar-refractivity contribution in [1.29, 1.82) is 0 Å². The van der Waals surface area contributed by atoms with Crippen LogP contribution in [0.2, 0.25) is 0 Å². The molecule has 1 aliphatic carbocycles. The van der Waals surface area contributed by atoms with E-state index in [1.54, 1.807) is 11.3 Å². The largest absolute Gasteiger partial charge is 0.313 e. The molecule has 0 aliphatic heterocycles. The van der Waals surface area contributed by atoms with Gasteiger partial charge >= 0.3 is 0 Å². The number of aryl methyl sites for hydroxylation is 1. The summed E-state index contributed by atoms with van der Waals surface area (Å²) in [5, 5.41) is 7.15. The van der Waals surface area contributed by atoms with Crippen LogP contribution in [0.25, 0.3) is 0 Å². The van der Waals surface area contributed by atoms with E-state index in [0.717, 1.165) is 31.3 Å². The van der Waals surface area contributed by atoms with Crippen LogP contribution in [0.3, 0.4) is 0 Å². The van der Waals surface area contributed by atoms with Gasteiger partial charge in [0.15, 0.2) is 0 Å². The number of hydrogen-bond acceptors (Lipinski definition) is 3. The van der Waals surface area contributed by atoms with Crippen molar-refractivity contribution in [2.75, 3.05) is 6.54 Å². The maximum atomic E-state index is 4.59. The molecule has 0 bridgehead atoms. The van der Waals surface area contributed by atoms with E-state index in [2.05, 4.69) is 29.5 Å². The molecule has 2 atom stereocenters. The lowest BCUT2D eigenvalue weighted by Crippen LogP contribution is -2.32. The van der Waals surface area contributed by atoms with Gasteiger partial charge in [-0.3, -0.25) is 0 Å². The molecule has 1 aromatic rings. The summed E-state index contributed by atoms with van der Waals surface area (Å²) >= 11 is 1.79. The lowest BCUT2D eigenvalue weighted by Gasteiger charge is -2.16. The quantitative estimate of drug-likeness (QED) is 0.853. The van der Waals surface area contributed by atoms with Crippen LogP contribution in [0.4, 0.5) is 0 Å². The van der Waals surface area contributed by atoms with Gasteiger partial charge in [-0.2, -0.15) is 0 Å². The average molecular weight is 238 g/mol. The highest BCUT2D eigenvalue weighted by molar-refractivity contribution is 7.09. The fourth-order valence-electron chi connectivity index (χ4n) is 2.46. The van der Waals surface area contributed by atoms with Gasteiger partial charge in [0.1, 0.15) is 0 Å². The fraction of sp³-hybridized carbons (Fsp3) is 0.769. The van der Waals surface area contributed by atoms with Crippen molar-refractivity contribution in [3.8, 4) is 0 Å². The number of rotatable bonds is 5. The van der Waals surface area contributed by atoms with Crippen molar-refractivity contribution in [1.82, 2.24) is 10.3 Å². The van der Waals surface area contributed by atoms with E-state index in [1.807, 2.05) is 0 Å². The summed E-state index contributed by atoms with van der Waals surface area (Å²) in [5.74, 6) is 0.863. The summed E-state index contributed by atoms with van der Waals surface area (Å²) in [7, 11) is 0. The predicted molar refractivity (Wildman–Crippen MR) is 70.0 cm³/mol. The van der Waals surface area contributed by atoms with Crippen LogP contribution in [0, 0.1) is 5.92 Å². The Labute approximate surface area is 102 Å². The molecule has 2 unspecified atom stereocenters. The Morgan fingerprint density at radius 3 is 3.00 bits per heavy atom. The Kier molecular flexibility index (Phi) is 4.36. The smallest absolute Gasteiger partial charge is 0.0925 e. The van der Waals surface area contributed by atoms with Crippen molar-refractivity contribution >= 4 is 11.3 Å². The molecule has 0 radical (unpaired) electrons. The highest BCUT2D eigenvalue weighted by Crippen LogP contribution is 2.24. The summed E-state index contributed by atoms with van der Waals surface area (Å²) in [4.78, 5) is 4.59. The molecule has 0 amide bonds. The zero-order valence-electron chi connectivity index (χ0n) is 10.3. The zero-order valence-corrected chi connectivity index (χ0v) is 11.1. The SMILES string of the molecule is CCc1nc(CCNC2CCCC2C)cs1. The standard InChI is InChI=1S/C13H22N2S/c1-3-13-15-11(9-16-13)7-8-14-12-6-4-5-10(12)2/h9-10,12,14H,3-8H2,1-2H3. The lowest BCUT2D eigenvalue weighted by atomic mass is 10.1. The van der Waals surface area contributed by atoms with Gasteiger partial charge in [0.25, 0.3) is 0 Å². The molecule has 3 heteroatoms. The molecule has 2 rings (SSSR count). The third kappa shape index (κ3) is 3.05. The van der Waals surface area contributed by atoms with Crippen molar-refractivity contribution in [3.05, 3.63) is 16.1 Å². The summed E-state index contributed by atoms with van der Waals surface area (Å²) < 4.78 is 0. The molecule has 1 heterocycles. The zero-order chi connectivity index (χ0) is 11.4. The van der Waals surface area contributed by atoms with Gasteiger partial charge in [0.05, 0.1) is 10.7 Å². The molecule has 1 N–H and O–H groups in total. The molecule has 16 heavy (non-hydrogen) atoms. The topological polar surface area (TPSA) is 24.9 Å². The van der Waals surface area contributed by atoms with E-state index in [9.17, 15) is 0 Å². The molecule has 1 aliphatic rings. The van der Waals surface area contributed by atoms with Crippen molar-refractivity contribution in [2.45, 2.75) is 52.0 Å². The van der Waals surface area contributed by atoms with E-state index >= 15 is 0 Å². The second-order valence-corrected chi connectivity index (χ2v) is 5.75. The Balaban J connectivity index is 1.71. The number of thiazole rings is 1. The first-order valence-electron chi connectivity index (χ1n) is 6.46. The van der Waals surface area contributed by atoms with Crippen LogP contribution < -0.4 is 5.32 Å². The number of hydrogen-bond donors (Lipinski definition) is 1. The molecular weight excluding hydrogens is 216 g/mol. The first kappa shape index (κ1) is 12.1. The minimum absolute atomic E-state index is 0.754. The van der Waals surface area contributed by atoms with E-state index in [0.29, 0.717) is 0 Å². The van der Waals surface area contributed by atoms with Crippen LogP contribution in [0.1, 0.15) is 43.8 Å². The van der Waals surface area contributed by atoms with Gasteiger partial charge in [-0.1, -0.05) is 20.3 Å². The van der Waals surface area contributed by atoms with Gasteiger partial charge in [-0.05, 0) is 25.2 Å². The Morgan fingerprint density at radius 1 is 1.50 bits per heavy atom. The number of aromatic nitrogens is 1. The Morgan fingerprint density at radius 2 is 2.38 bits per heavy atom. The molecule has 0 spiro atoms. The normalized spacial score (nSPS) is 25.1. The molecule has 1 fully saturated rings. The highest BCUT2D eigenvalue weighted by Gasteiger charge is 2.22. The average Bonchev–Trinajstić information content (AvgIpc) is 2.89. The molecule has 0 aromatic carbocycles. The van der Waals surface area contributed by atoms with Crippen LogP contribution in [0.5, 0.6) is 0 Å². The van der Waals surface area contributed by atoms with Crippen molar-refractivity contribution in [2.24, 2.45) is 5.92 Å². The third-order valence-electron chi connectivity index (χ3n) is 3.55. The maximum absolute atomic E-state index is 4.59. The van der Waals surface area contributed by atoms with Gasteiger partial charge < -0.3 is 5.32 Å². The van der Waals surface area contributed by atoms with Crippen molar-refractivity contribution in [3.63, 3.8) is 0 Å². The first-order chi connectivity index (χ1) is 7.79. The van der Waals surface area contributed by atoms with Gasteiger partial charge in [-0.15, -0.1) is 11.3 Å². The van der Waals surface area contributed by atoms with Crippen LogP contribution in [0.15, 0.2) is 5.38 Å². The predicted octanol–water partition coefficient (Wildman–Crippen LogP) is 3.03. The lowest BCUT2D eigenvalue weighted by molar-refractivity contribution is 0.429.